The van der Waals surface area contributed by atoms with Crippen LogP contribution in [0.25, 0.3) is 11.0 Å². The van der Waals surface area contributed by atoms with Gasteiger partial charge in [-0.1, -0.05) is 25.1 Å². The summed E-state index contributed by atoms with van der Waals surface area (Å²) in [4.78, 5) is 0. The molecule has 86 valence electrons. The SMILES string of the molecule is Cc1cccc2cc(C(C)CC(C)Cl)oc12. The Labute approximate surface area is 101 Å². The van der Waals surface area contributed by atoms with E-state index in [4.69, 9.17) is 16.0 Å². The molecule has 2 aromatic rings. The molecule has 16 heavy (non-hydrogen) atoms. The third-order valence-corrected chi connectivity index (χ3v) is 3.10. The predicted molar refractivity (Wildman–Crippen MR) is 69.3 cm³/mol. The molecule has 0 aliphatic heterocycles. The van der Waals surface area contributed by atoms with Gasteiger partial charge in [0.15, 0.2) is 0 Å². The maximum Gasteiger partial charge on any atom is 0.137 e. The van der Waals surface area contributed by atoms with Gasteiger partial charge in [0.25, 0.3) is 0 Å². The Morgan fingerprint density at radius 3 is 2.69 bits per heavy atom. The predicted octanol–water partition coefficient (Wildman–Crippen LogP) is 4.86. The van der Waals surface area contributed by atoms with Crippen LogP contribution in [0.2, 0.25) is 0 Å². The molecule has 0 bridgehead atoms. The third-order valence-electron chi connectivity index (χ3n) is 2.92. The van der Waals surface area contributed by atoms with Gasteiger partial charge in [-0.05, 0) is 31.9 Å². The van der Waals surface area contributed by atoms with Gasteiger partial charge in [0.2, 0.25) is 0 Å². The van der Waals surface area contributed by atoms with Gasteiger partial charge in [0.1, 0.15) is 11.3 Å². The lowest BCUT2D eigenvalue weighted by atomic mass is 10.0. The van der Waals surface area contributed by atoms with E-state index in [1.54, 1.807) is 0 Å². The van der Waals surface area contributed by atoms with E-state index in [1.165, 1.54) is 10.9 Å². The quantitative estimate of drug-likeness (QED) is 0.694. The number of hydrogen-bond acceptors (Lipinski definition) is 1. The van der Waals surface area contributed by atoms with Crippen LogP contribution in [0.15, 0.2) is 28.7 Å². The molecule has 0 fully saturated rings. The van der Waals surface area contributed by atoms with E-state index in [-0.39, 0.29) is 5.38 Å². The summed E-state index contributed by atoms with van der Waals surface area (Å²) in [6.45, 7) is 6.25. The number of fused-ring (bicyclic) bond motifs is 1. The van der Waals surface area contributed by atoms with Gasteiger partial charge in [0.05, 0.1) is 0 Å². The van der Waals surface area contributed by atoms with Crippen molar-refractivity contribution in [2.45, 2.75) is 38.5 Å². The summed E-state index contributed by atoms with van der Waals surface area (Å²) in [6, 6.07) is 8.36. The van der Waals surface area contributed by atoms with Crippen LogP contribution in [0.3, 0.4) is 0 Å². The van der Waals surface area contributed by atoms with Gasteiger partial charge in [0, 0.05) is 16.7 Å². The number of alkyl halides is 1. The van der Waals surface area contributed by atoms with Crippen LogP contribution in [-0.4, -0.2) is 5.38 Å². The molecular formula is C14H17ClO. The molecule has 0 N–H and O–H groups in total. The van der Waals surface area contributed by atoms with Gasteiger partial charge in [-0.15, -0.1) is 11.6 Å². The average molecular weight is 237 g/mol. The van der Waals surface area contributed by atoms with Crippen LogP contribution in [0, 0.1) is 6.92 Å². The number of halogens is 1. The van der Waals surface area contributed by atoms with E-state index in [0.29, 0.717) is 5.92 Å². The van der Waals surface area contributed by atoms with Crippen molar-refractivity contribution in [2.24, 2.45) is 0 Å². The standard InChI is InChI=1S/C14H17ClO/c1-9-5-4-6-12-8-13(16-14(9)12)10(2)7-11(3)15/h4-6,8,10-11H,7H2,1-3H3. The molecule has 2 atom stereocenters. The molecule has 0 saturated heterocycles. The molecule has 0 aliphatic carbocycles. The third kappa shape index (κ3) is 2.25. The lowest BCUT2D eigenvalue weighted by Crippen LogP contribution is -1.99. The minimum atomic E-state index is 0.185. The fraction of sp³-hybridized carbons (Fsp3) is 0.429. The second-order valence-corrected chi connectivity index (χ2v) is 5.30. The fourth-order valence-corrected chi connectivity index (χ4v) is 2.34. The van der Waals surface area contributed by atoms with Crippen molar-refractivity contribution in [1.82, 2.24) is 0 Å². The van der Waals surface area contributed by atoms with Crippen molar-refractivity contribution in [1.29, 1.82) is 0 Å². The molecule has 1 heterocycles. The van der Waals surface area contributed by atoms with Crippen LogP contribution in [0.1, 0.15) is 37.5 Å². The minimum Gasteiger partial charge on any atom is -0.461 e. The van der Waals surface area contributed by atoms with Crippen molar-refractivity contribution < 1.29 is 4.42 Å². The van der Waals surface area contributed by atoms with Crippen LogP contribution >= 0.6 is 11.6 Å². The lowest BCUT2D eigenvalue weighted by Gasteiger charge is -2.09. The zero-order valence-corrected chi connectivity index (χ0v) is 10.7. The number of hydrogen-bond donors (Lipinski definition) is 0. The van der Waals surface area contributed by atoms with Crippen molar-refractivity contribution in [3.8, 4) is 0 Å². The fourth-order valence-electron chi connectivity index (χ4n) is 2.08. The van der Waals surface area contributed by atoms with E-state index < -0.39 is 0 Å². The van der Waals surface area contributed by atoms with E-state index in [2.05, 4.69) is 38.1 Å². The van der Waals surface area contributed by atoms with Crippen LogP contribution in [-0.2, 0) is 0 Å². The van der Waals surface area contributed by atoms with Crippen molar-refractivity contribution in [3.63, 3.8) is 0 Å². The summed E-state index contributed by atoms with van der Waals surface area (Å²) >= 11 is 6.01. The first-order chi connectivity index (χ1) is 7.58. The second-order valence-electron chi connectivity index (χ2n) is 4.56. The summed E-state index contributed by atoms with van der Waals surface area (Å²) < 4.78 is 5.90. The summed E-state index contributed by atoms with van der Waals surface area (Å²) in [7, 11) is 0. The first-order valence-corrected chi connectivity index (χ1v) is 6.14. The van der Waals surface area contributed by atoms with E-state index in [1.807, 2.05) is 6.92 Å². The lowest BCUT2D eigenvalue weighted by molar-refractivity contribution is 0.487. The number of para-hydroxylation sites is 1. The number of benzene rings is 1. The Hall–Kier alpha value is -0.950. The molecule has 0 amide bonds. The summed E-state index contributed by atoms with van der Waals surface area (Å²) in [5.41, 5.74) is 2.20. The molecular weight excluding hydrogens is 220 g/mol. The van der Waals surface area contributed by atoms with E-state index >= 15 is 0 Å². The Morgan fingerprint density at radius 2 is 2.06 bits per heavy atom. The maximum absolute atomic E-state index is 6.01. The number of rotatable bonds is 3. The van der Waals surface area contributed by atoms with E-state index in [9.17, 15) is 0 Å². The molecule has 0 aliphatic rings. The second kappa shape index (κ2) is 4.50. The minimum absolute atomic E-state index is 0.185. The largest absolute Gasteiger partial charge is 0.461 e. The van der Waals surface area contributed by atoms with Gasteiger partial charge in [-0.25, -0.2) is 0 Å². The molecule has 0 radical (unpaired) electrons. The highest BCUT2D eigenvalue weighted by Gasteiger charge is 2.14. The van der Waals surface area contributed by atoms with Crippen LogP contribution < -0.4 is 0 Å². The zero-order chi connectivity index (χ0) is 11.7. The summed E-state index contributed by atoms with van der Waals surface area (Å²) in [5.74, 6) is 1.41. The Kier molecular flexibility index (Phi) is 3.25. The molecule has 0 spiro atoms. The molecule has 0 saturated carbocycles. The van der Waals surface area contributed by atoms with Crippen molar-refractivity contribution in [3.05, 3.63) is 35.6 Å². The zero-order valence-electron chi connectivity index (χ0n) is 9.96. The molecule has 1 aromatic carbocycles. The van der Waals surface area contributed by atoms with Crippen molar-refractivity contribution in [2.75, 3.05) is 0 Å². The smallest absolute Gasteiger partial charge is 0.137 e. The molecule has 2 heteroatoms. The van der Waals surface area contributed by atoms with Crippen molar-refractivity contribution >= 4 is 22.6 Å². The van der Waals surface area contributed by atoms with Gasteiger partial charge in [-0.2, -0.15) is 0 Å². The molecule has 2 unspecified atom stereocenters. The summed E-state index contributed by atoms with van der Waals surface area (Å²) in [6.07, 6.45) is 0.945. The van der Waals surface area contributed by atoms with E-state index in [0.717, 1.165) is 17.8 Å². The van der Waals surface area contributed by atoms with Crippen LogP contribution in [0.4, 0.5) is 0 Å². The average Bonchev–Trinajstić information content (AvgIpc) is 2.61. The summed E-state index contributed by atoms with van der Waals surface area (Å²) in [5, 5.41) is 1.37. The highest BCUT2D eigenvalue weighted by atomic mass is 35.5. The molecule has 1 aromatic heterocycles. The molecule has 1 nitrogen and oxygen atoms in total. The van der Waals surface area contributed by atoms with Gasteiger partial charge >= 0.3 is 0 Å². The number of furan rings is 1. The first-order valence-electron chi connectivity index (χ1n) is 5.71. The Balaban J connectivity index is 2.36. The molecule has 2 rings (SSSR count). The van der Waals surface area contributed by atoms with Gasteiger partial charge in [-0.3, -0.25) is 0 Å². The topological polar surface area (TPSA) is 13.1 Å². The maximum atomic E-state index is 6.01. The van der Waals surface area contributed by atoms with Crippen LogP contribution in [0.5, 0.6) is 0 Å². The number of aryl methyl sites for hydroxylation is 1. The highest BCUT2D eigenvalue weighted by Crippen LogP contribution is 2.30. The normalized spacial score (nSPS) is 15.2. The van der Waals surface area contributed by atoms with Gasteiger partial charge < -0.3 is 4.42 Å². The Morgan fingerprint density at radius 1 is 1.31 bits per heavy atom. The first kappa shape index (κ1) is 11.5. The monoisotopic (exact) mass is 236 g/mol. The highest BCUT2D eigenvalue weighted by molar-refractivity contribution is 6.20. The Bertz CT molecular complexity index is 484.